The Hall–Kier alpha value is 1.48. The molecule has 0 bridgehead atoms. The van der Waals surface area contributed by atoms with Gasteiger partial charge in [-0.05, 0) is 0 Å². The standard InChI is InChI=1S/2C12H25O.4CH3.O.2Sn/c2*1-2-3-4-5-6-7-8-9-10-11-12-13;;;;;;;/h2*2-12H2,1H3;4*1H3;;;/q2*-1;;;;;;2*+1. The van der Waals surface area contributed by atoms with Crippen molar-refractivity contribution < 1.29 is 7.56 Å². The average Bonchev–Trinajstić information content (AvgIpc) is 2.75. The van der Waals surface area contributed by atoms with Crippen molar-refractivity contribution in [2.45, 2.75) is 162 Å². The molecule has 0 unspecified atom stereocenters. The predicted molar refractivity (Wildman–Crippen MR) is 152 cm³/mol. The molecule has 0 saturated carbocycles. The second-order valence-corrected chi connectivity index (χ2v) is 33.1. The number of unbranched alkanes of at least 4 members (excludes halogenated alkanes) is 18. The van der Waals surface area contributed by atoms with Gasteiger partial charge in [-0.1, -0.05) is 13.8 Å². The summed E-state index contributed by atoms with van der Waals surface area (Å²) in [5.41, 5.74) is 0. The van der Waals surface area contributed by atoms with Crippen LogP contribution in [0.25, 0.3) is 0 Å². The van der Waals surface area contributed by atoms with E-state index in [2.05, 4.69) is 33.6 Å². The van der Waals surface area contributed by atoms with Crippen LogP contribution in [0.1, 0.15) is 142 Å². The molecule has 0 aromatic carbocycles. The Bertz CT molecular complexity index is 367. The molecular formula is C28H62O3Sn2. The Morgan fingerprint density at radius 3 is 0.879 bits per heavy atom. The van der Waals surface area contributed by atoms with Crippen LogP contribution in [-0.2, 0) is 7.56 Å². The maximum atomic E-state index is 6.58. The quantitative estimate of drug-likeness (QED) is 0.0671. The van der Waals surface area contributed by atoms with E-state index in [0.29, 0.717) is 0 Å². The third-order valence-corrected chi connectivity index (χ3v) is 33.1. The van der Waals surface area contributed by atoms with Crippen molar-refractivity contribution in [2.75, 3.05) is 13.2 Å². The van der Waals surface area contributed by atoms with Gasteiger partial charge >= 0.3 is 207 Å². The fourth-order valence-corrected chi connectivity index (χ4v) is 36.7. The zero-order chi connectivity index (χ0) is 24.7. The van der Waals surface area contributed by atoms with Crippen LogP contribution in [0.3, 0.4) is 0 Å². The summed E-state index contributed by atoms with van der Waals surface area (Å²) in [4.78, 5) is 9.09. The van der Waals surface area contributed by atoms with Gasteiger partial charge in [-0.2, -0.15) is 0 Å². The summed E-state index contributed by atoms with van der Waals surface area (Å²) in [6.07, 6.45) is 27.4. The molecule has 0 aromatic rings. The first-order valence-corrected chi connectivity index (χ1v) is 30.9. The van der Waals surface area contributed by atoms with Gasteiger partial charge in [0, 0.05) is 0 Å². The molecular weight excluding hydrogens is 622 g/mol. The van der Waals surface area contributed by atoms with Gasteiger partial charge in [0.05, 0.1) is 0 Å². The Labute approximate surface area is 219 Å². The monoisotopic (exact) mass is 686 g/mol. The summed E-state index contributed by atoms with van der Waals surface area (Å²) in [6, 6.07) is 0. The second kappa shape index (κ2) is 23.9. The molecule has 0 aromatic heterocycles. The molecule has 0 aliphatic heterocycles. The summed E-state index contributed by atoms with van der Waals surface area (Å²) in [5.74, 6) is 0. The minimum absolute atomic E-state index is 0.889. The zero-order valence-corrected chi connectivity index (χ0v) is 29.5. The third kappa shape index (κ3) is 26.4. The first-order chi connectivity index (χ1) is 15.8. The molecule has 0 amide bonds. The molecule has 0 fully saturated rings. The van der Waals surface area contributed by atoms with E-state index < -0.39 is 38.4 Å². The molecule has 3 nitrogen and oxygen atoms in total. The van der Waals surface area contributed by atoms with Crippen LogP contribution in [0.5, 0.6) is 0 Å². The van der Waals surface area contributed by atoms with Gasteiger partial charge in [-0.3, -0.25) is 0 Å². The Balaban J connectivity index is 3.62. The van der Waals surface area contributed by atoms with Gasteiger partial charge in [-0.15, -0.1) is 0 Å². The second-order valence-electron chi connectivity index (χ2n) is 11.0. The normalized spacial score (nSPS) is 12.5. The number of hydrogen-bond donors (Lipinski definition) is 0. The maximum absolute atomic E-state index is 6.58. The van der Waals surface area contributed by atoms with E-state index in [1.807, 2.05) is 0 Å². The summed E-state index contributed by atoms with van der Waals surface area (Å²) >= 11 is -5.71. The Kier molecular flexibility index (Phi) is 24.9. The smallest absolute Gasteiger partial charge is 0.0654 e. The van der Waals surface area contributed by atoms with E-state index in [9.17, 15) is 0 Å². The molecule has 0 heterocycles. The van der Waals surface area contributed by atoms with Crippen LogP contribution in [0, 0.1) is 0 Å². The first kappa shape index (κ1) is 34.5. The van der Waals surface area contributed by atoms with Gasteiger partial charge in [0.2, 0.25) is 0 Å². The topological polar surface area (TPSA) is 27.7 Å². The van der Waals surface area contributed by atoms with E-state index in [0.717, 1.165) is 13.2 Å². The molecule has 5 heteroatoms. The number of hydrogen-bond acceptors (Lipinski definition) is 3. The minimum Gasteiger partial charge on any atom is -0.0654 e. The van der Waals surface area contributed by atoms with Gasteiger partial charge in [-0.25, -0.2) is 0 Å². The van der Waals surface area contributed by atoms with Crippen LogP contribution in [0.4, 0.5) is 0 Å². The molecule has 0 atom stereocenters. The molecule has 0 N–H and O–H groups in total. The van der Waals surface area contributed by atoms with Crippen LogP contribution in [0.2, 0.25) is 19.8 Å². The molecule has 0 aliphatic rings. The SMILES string of the molecule is CCCCCCCCCCCC[O][Sn]([CH3])([CH3])[O][Sn]([CH3])([CH3])[O]CCCCCCCCCCCC. The van der Waals surface area contributed by atoms with Gasteiger partial charge in [0.1, 0.15) is 0 Å². The first-order valence-electron chi connectivity index (χ1n) is 14.8. The summed E-state index contributed by atoms with van der Waals surface area (Å²) in [7, 11) is 0. The van der Waals surface area contributed by atoms with Crippen LogP contribution in [0.15, 0.2) is 0 Å². The predicted octanol–water partition coefficient (Wildman–Crippen LogP) is 10.3. The Morgan fingerprint density at radius 1 is 0.364 bits per heavy atom. The Morgan fingerprint density at radius 2 is 0.606 bits per heavy atom. The van der Waals surface area contributed by atoms with Gasteiger partial charge in [0.25, 0.3) is 0 Å². The average molecular weight is 684 g/mol. The van der Waals surface area contributed by atoms with Crippen LogP contribution in [-0.4, -0.2) is 51.6 Å². The van der Waals surface area contributed by atoms with Crippen molar-refractivity contribution >= 4 is 38.4 Å². The molecule has 33 heavy (non-hydrogen) atoms. The molecule has 0 radical (unpaired) electrons. The van der Waals surface area contributed by atoms with Crippen molar-refractivity contribution in [3.05, 3.63) is 0 Å². The van der Waals surface area contributed by atoms with E-state index in [1.165, 1.54) is 128 Å². The molecule has 0 rings (SSSR count). The van der Waals surface area contributed by atoms with Crippen molar-refractivity contribution in [3.63, 3.8) is 0 Å². The molecule has 0 aliphatic carbocycles. The fraction of sp³-hybridized carbons (Fsp3) is 1.00. The van der Waals surface area contributed by atoms with Crippen molar-refractivity contribution in [1.29, 1.82) is 0 Å². The molecule has 0 spiro atoms. The van der Waals surface area contributed by atoms with Crippen molar-refractivity contribution in [1.82, 2.24) is 0 Å². The molecule has 0 saturated heterocycles. The summed E-state index contributed by atoms with van der Waals surface area (Å²) < 4.78 is 19.2. The van der Waals surface area contributed by atoms with E-state index in [4.69, 9.17) is 7.56 Å². The minimum atomic E-state index is -2.86. The number of rotatable bonds is 26. The van der Waals surface area contributed by atoms with Crippen molar-refractivity contribution in [3.8, 4) is 0 Å². The van der Waals surface area contributed by atoms with E-state index >= 15 is 0 Å². The van der Waals surface area contributed by atoms with Gasteiger partial charge < -0.3 is 0 Å². The van der Waals surface area contributed by atoms with Crippen LogP contribution < -0.4 is 0 Å². The zero-order valence-electron chi connectivity index (χ0n) is 23.8. The third-order valence-electron chi connectivity index (χ3n) is 6.39. The summed E-state index contributed by atoms with van der Waals surface area (Å²) in [5, 5.41) is 0. The van der Waals surface area contributed by atoms with E-state index in [1.54, 1.807) is 0 Å². The van der Waals surface area contributed by atoms with Crippen molar-refractivity contribution in [2.24, 2.45) is 0 Å². The molecule has 200 valence electrons. The van der Waals surface area contributed by atoms with Gasteiger partial charge in [0.15, 0.2) is 0 Å². The van der Waals surface area contributed by atoms with Crippen LogP contribution >= 0.6 is 0 Å². The van der Waals surface area contributed by atoms with E-state index in [-0.39, 0.29) is 0 Å². The summed E-state index contributed by atoms with van der Waals surface area (Å²) in [6.45, 7) is 6.35. The fourth-order valence-electron chi connectivity index (χ4n) is 4.47.